The first-order valence-electron chi connectivity index (χ1n) is 7.45. The monoisotopic (exact) mass is 254 g/mol. The number of hydrogen-bond donors (Lipinski definition) is 1. The maximum Gasteiger partial charge on any atom is 0.155 e. The second-order valence-electron chi connectivity index (χ2n) is 5.24. The minimum Gasteiger partial charge on any atom is -0.396 e. The molecule has 0 aromatic carbocycles. The van der Waals surface area contributed by atoms with Crippen LogP contribution in [0.3, 0.4) is 0 Å². The summed E-state index contributed by atoms with van der Waals surface area (Å²) in [6, 6.07) is 0. The van der Waals surface area contributed by atoms with Crippen LogP contribution in [0, 0.1) is 11.8 Å². The number of ketones is 1. The van der Waals surface area contributed by atoms with Crippen LogP contribution in [0.2, 0.25) is 0 Å². The molecule has 2 nitrogen and oxygen atoms in total. The van der Waals surface area contributed by atoms with Crippen LogP contribution in [-0.4, -0.2) is 17.5 Å². The molecule has 18 heavy (non-hydrogen) atoms. The Hall–Kier alpha value is -0.630. The summed E-state index contributed by atoms with van der Waals surface area (Å²) in [5, 5.41) is 9.18. The van der Waals surface area contributed by atoms with Gasteiger partial charge in [0.2, 0.25) is 0 Å². The van der Waals surface area contributed by atoms with Crippen LogP contribution >= 0.6 is 0 Å². The van der Waals surface area contributed by atoms with Crippen molar-refractivity contribution in [3.8, 4) is 0 Å². The maximum atomic E-state index is 11.6. The van der Waals surface area contributed by atoms with Crippen molar-refractivity contribution in [1.29, 1.82) is 0 Å². The minimum absolute atomic E-state index is 0.246. The SMILES string of the molecule is CCCCCCC(=O)C=CCC(C)C(CC)CO. The highest BCUT2D eigenvalue weighted by Crippen LogP contribution is 2.18. The van der Waals surface area contributed by atoms with Gasteiger partial charge in [-0.2, -0.15) is 0 Å². The van der Waals surface area contributed by atoms with E-state index in [0.717, 1.165) is 25.7 Å². The lowest BCUT2D eigenvalue weighted by atomic mass is 9.89. The van der Waals surface area contributed by atoms with Gasteiger partial charge in [-0.3, -0.25) is 4.79 Å². The quantitative estimate of drug-likeness (QED) is 0.445. The third-order valence-electron chi connectivity index (χ3n) is 3.65. The van der Waals surface area contributed by atoms with Crippen LogP contribution in [0.25, 0.3) is 0 Å². The number of carbonyl (C=O) groups excluding carboxylic acids is 1. The van der Waals surface area contributed by atoms with Crippen molar-refractivity contribution >= 4 is 5.78 Å². The van der Waals surface area contributed by atoms with E-state index < -0.39 is 0 Å². The predicted octanol–water partition coefficient (Wildman–Crippen LogP) is 4.13. The van der Waals surface area contributed by atoms with E-state index in [1.165, 1.54) is 12.8 Å². The Morgan fingerprint density at radius 3 is 2.50 bits per heavy atom. The van der Waals surface area contributed by atoms with Gasteiger partial charge >= 0.3 is 0 Å². The molecular formula is C16H30O2. The summed E-state index contributed by atoms with van der Waals surface area (Å²) >= 11 is 0. The van der Waals surface area contributed by atoms with Crippen LogP contribution in [0.4, 0.5) is 0 Å². The zero-order valence-electron chi connectivity index (χ0n) is 12.3. The summed E-state index contributed by atoms with van der Waals surface area (Å²) in [6.45, 7) is 6.66. The summed E-state index contributed by atoms with van der Waals surface area (Å²) in [5.74, 6) is 1.05. The molecule has 0 aromatic heterocycles. The first kappa shape index (κ1) is 17.4. The van der Waals surface area contributed by atoms with Crippen molar-refractivity contribution in [2.24, 2.45) is 11.8 Å². The summed E-state index contributed by atoms with van der Waals surface area (Å²) in [7, 11) is 0. The summed E-state index contributed by atoms with van der Waals surface area (Å²) in [5.41, 5.74) is 0. The van der Waals surface area contributed by atoms with Gasteiger partial charge < -0.3 is 5.11 Å². The number of carbonyl (C=O) groups is 1. The molecule has 0 saturated heterocycles. The highest BCUT2D eigenvalue weighted by atomic mass is 16.3. The van der Waals surface area contributed by atoms with Crippen LogP contribution < -0.4 is 0 Å². The van der Waals surface area contributed by atoms with E-state index >= 15 is 0 Å². The molecule has 0 amide bonds. The molecule has 1 N–H and O–H groups in total. The number of hydrogen-bond acceptors (Lipinski definition) is 2. The van der Waals surface area contributed by atoms with E-state index in [4.69, 9.17) is 0 Å². The first-order valence-corrected chi connectivity index (χ1v) is 7.45. The Labute approximate surface area is 112 Å². The largest absolute Gasteiger partial charge is 0.396 e. The van der Waals surface area contributed by atoms with Gasteiger partial charge in [-0.25, -0.2) is 0 Å². The molecule has 2 heteroatoms. The number of aliphatic hydroxyl groups excluding tert-OH is 1. The van der Waals surface area contributed by atoms with Gasteiger partial charge in [0.15, 0.2) is 5.78 Å². The van der Waals surface area contributed by atoms with Crippen LogP contribution in [0.5, 0.6) is 0 Å². The standard InChI is InChI=1S/C16H30O2/c1-4-6-7-8-11-16(18)12-9-10-14(3)15(5-2)13-17/h9,12,14-15,17H,4-8,10-11,13H2,1-3H3. The number of rotatable bonds is 11. The highest BCUT2D eigenvalue weighted by Gasteiger charge is 2.12. The van der Waals surface area contributed by atoms with Gasteiger partial charge in [-0.1, -0.05) is 52.5 Å². The Kier molecular flexibility index (Phi) is 11.1. The molecule has 0 spiro atoms. The van der Waals surface area contributed by atoms with Crippen molar-refractivity contribution in [2.45, 2.75) is 65.7 Å². The summed E-state index contributed by atoms with van der Waals surface area (Å²) in [4.78, 5) is 11.6. The van der Waals surface area contributed by atoms with Gasteiger partial charge in [0, 0.05) is 13.0 Å². The molecule has 0 aliphatic rings. The average molecular weight is 254 g/mol. The molecule has 0 bridgehead atoms. The second kappa shape index (κ2) is 11.5. The molecule has 0 fully saturated rings. The molecule has 0 radical (unpaired) electrons. The maximum absolute atomic E-state index is 11.6. The fourth-order valence-electron chi connectivity index (χ4n) is 2.13. The fourth-order valence-corrected chi connectivity index (χ4v) is 2.13. The van der Waals surface area contributed by atoms with Gasteiger partial charge in [0.05, 0.1) is 0 Å². The van der Waals surface area contributed by atoms with Crippen molar-refractivity contribution in [1.82, 2.24) is 0 Å². The Balaban J connectivity index is 3.76. The lowest BCUT2D eigenvalue weighted by molar-refractivity contribution is -0.114. The average Bonchev–Trinajstić information content (AvgIpc) is 2.36. The highest BCUT2D eigenvalue weighted by molar-refractivity contribution is 5.89. The van der Waals surface area contributed by atoms with E-state index in [1.807, 2.05) is 6.08 Å². The predicted molar refractivity (Wildman–Crippen MR) is 77.6 cm³/mol. The smallest absolute Gasteiger partial charge is 0.155 e. The van der Waals surface area contributed by atoms with Crippen LogP contribution in [0.15, 0.2) is 12.2 Å². The molecule has 2 unspecified atom stereocenters. The van der Waals surface area contributed by atoms with Crippen molar-refractivity contribution in [3.05, 3.63) is 12.2 Å². The Bertz CT molecular complexity index is 229. The van der Waals surface area contributed by atoms with E-state index in [9.17, 15) is 9.90 Å². The van der Waals surface area contributed by atoms with E-state index in [0.29, 0.717) is 18.3 Å². The van der Waals surface area contributed by atoms with Crippen molar-refractivity contribution in [2.75, 3.05) is 6.61 Å². The molecule has 0 aromatic rings. The van der Waals surface area contributed by atoms with Crippen molar-refractivity contribution in [3.63, 3.8) is 0 Å². The lowest BCUT2D eigenvalue weighted by Gasteiger charge is -2.18. The number of aliphatic hydroxyl groups is 1. The Morgan fingerprint density at radius 2 is 1.94 bits per heavy atom. The van der Waals surface area contributed by atoms with Gasteiger partial charge in [0.25, 0.3) is 0 Å². The fraction of sp³-hybridized carbons (Fsp3) is 0.812. The molecule has 0 aliphatic carbocycles. The second-order valence-corrected chi connectivity index (χ2v) is 5.24. The molecular weight excluding hydrogens is 224 g/mol. The van der Waals surface area contributed by atoms with E-state index in [2.05, 4.69) is 20.8 Å². The van der Waals surface area contributed by atoms with Crippen LogP contribution in [-0.2, 0) is 4.79 Å². The molecule has 106 valence electrons. The normalized spacial score (nSPS) is 14.9. The minimum atomic E-state index is 0.246. The topological polar surface area (TPSA) is 37.3 Å². The summed E-state index contributed by atoms with van der Waals surface area (Å²) < 4.78 is 0. The van der Waals surface area contributed by atoms with E-state index in [1.54, 1.807) is 6.08 Å². The zero-order valence-corrected chi connectivity index (χ0v) is 12.3. The summed E-state index contributed by atoms with van der Waals surface area (Å²) in [6.07, 6.45) is 10.9. The third kappa shape index (κ3) is 8.46. The molecule has 0 heterocycles. The number of allylic oxidation sites excluding steroid dienone is 2. The van der Waals surface area contributed by atoms with Crippen molar-refractivity contribution < 1.29 is 9.90 Å². The molecule has 0 saturated carbocycles. The first-order chi connectivity index (χ1) is 8.65. The molecule has 0 aliphatic heterocycles. The zero-order chi connectivity index (χ0) is 13.8. The van der Waals surface area contributed by atoms with Gasteiger partial charge in [-0.05, 0) is 30.8 Å². The van der Waals surface area contributed by atoms with Gasteiger partial charge in [0.1, 0.15) is 0 Å². The molecule has 2 atom stereocenters. The van der Waals surface area contributed by atoms with E-state index in [-0.39, 0.29) is 12.4 Å². The third-order valence-corrected chi connectivity index (χ3v) is 3.65. The molecule has 0 rings (SSSR count). The Morgan fingerprint density at radius 1 is 1.22 bits per heavy atom. The number of unbranched alkanes of at least 4 members (excludes halogenated alkanes) is 3. The lowest BCUT2D eigenvalue weighted by Crippen LogP contribution is -2.14. The van der Waals surface area contributed by atoms with Crippen LogP contribution in [0.1, 0.15) is 65.7 Å². The van der Waals surface area contributed by atoms with Gasteiger partial charge in [-0.15, -0.1) is 0 Å².